The number of amides is 4. The predicted octanol–water partition coefficient (Wildman–Crippen LogP) is 1.28. The molecule has 1 aromatic carbocycles. The molecule has 3 heterocycles. The van der Waals surface area contributed by atoms with Gasteiger partial charge in [0, 0.05) is 34.2 Å². The third-order valence-corrected chi connectivity index (χ3v) is 7.36. The molecule has 1 saturated heterocycles. The molecule has 0 bridgehead atoms. The average Bonchev–Trinajstić information content (AvgIpc) is 3.37. The third-order valence-electron chi connectivity index (χ3n) is 6.33. The highest BCUT2D eigenvalue weighted by Gasteiger charge is 2.40. The van der Waals surface area contributed by atoms with Crippen molar-refractivity contribution >= 4 is 40.7 Å². The molecule has 4 rings (SSSR count). The Morgan fingerprint density at radius 2 is 1.91 bits per heavy atom. The fourth-order valence-electron chi connectivity index (χ4n) is 4.09. The molecule has 2 aliphatic heterocycles. The number of piperidine rings is 1. The van der Waals surface area contributed by atoms with E-state index in [4.69, 9.17) is 0 Å². The van der Waals surface area contributed by atoms with E-state index in [1.54, 1.807) is 29.6 Å². The van der Waals surface area contributed by atoms with Gasteiger partial charge in [-0.1, -0.05) is 38.1 Å². The van der Waals surface area contributed by atoms with E-state index < -0.39 is 29.1 Å². The molecule has 1 aromatic heterocycles. The molecule has 178 valence electrons. The number of nitrogens with one attached hydrogen (secondary N) is 2. The third kappa shape index (κ3) is 4.38. The molecular weight excluding hydrogens is 458 g/mol. The van der Waals surface area contributed by atoms with Crippen LogP contribution in [0.4, 0.5) is 0 Å². The van der Waals surface area contributed by atoms with Crippen LogP contribution in [-0.4, -0.2) is 52.1 Å². The molecule has 1 atom stereocenters. The highest BCUT2D eigenvalue weighted by Crippen LogP contribution is 2.33. The lowest BCUT2D eigenvalue weighted by molar-refractivity contribution is -0.136. The Labute approximate surface area is 200 Å². The summed E-state index contributed by atoms with van der Waals surface area (Å²) in [7, 11) is 0. The number of Topliss-reactive ketones (excluding diaryl/α,β-unsaturated/α-hetero) is 1. The fourth-order valence-corrected chi connectivity index (χ4v) is 5.06. The van der Waals surface area contributed by atoms with Gasteiger partial charge in [0.05, 0.1) is 18.7 Å². The Balaban J connectivity index is 1.39. The van der Waals surface area contributed by atoms with Gasteiger partial charge in [-0.3, -0.25) is 29.3 Å². The first-order valence-electron chi connectivity index (χ1n) is 10.9. The van der Waals surface area contributed by atoms with Gasteiger partial charge in [-0.05, 0) is 17.5 Å². The van der Waals surface area contributed by atoms with Crippen molar-refractivity contribution in [3.8, 4) is 0 Å². The van der Waals surface area contributed by atoms with Crippen molar-refractivity contribution in [2.75, 3.05) is 6.61 Å². The molecule has 1 fully saturated rings. The van der Waals surface area contributed by atoms with Crippen LogP contribution in [0.3, 0.4) is 0 Å². The first-order chi connectivity index (χ1) is 16.1. The van der Waals surface area contributed by atoms with Gasteiger partial charge in [0.15, 0.2) is 0 Å². The number of rotatable bonds is 7. The molecule has 1 unspecified atom stereocenters. The van der Waals surface area contributed by atoms with E-state index in [0.29, 0.717) is 5.56 Å². The number of fused-ring (bicyclic) bond motifs is 1. The van der Waals surface area contributed by atoms with Crippen LogP contribution < -0.4 is 10.6 Å². The molecule has 0 saturated carbocycles. The first-order valence-corrected chi connectivity index (χ1v) is 11.8. The molecule has 2 aliphatic rings. The predicted molar refractivity (Wildman–Crippen MR) is 123 cm³/mol. The lowest BCUT2D eigenvalue weighted by Gasteiger charge is -2.29. The van der Waals surface area contributed by atoms with Gasteiger partial charge in [-0.2, -0.15) is 0 Å². The molecule has 9 nitrogen and oxygen atoms in total. The molecule has 0 spiro atoms. The lowest BCUT2D eigenvalue weighted by Crippen LogP contribution is -2.52. The number of benzene rings is 1. The van der Waals surface area contributed by atoms with Crippen LogP contribution in [0, 0.1) is 0 Å². The zero-order valence-corrected chi connectivity index (χ0v) is 19.7. The van der Waals surface area contributed by atoms with Crippen molar-refractivity contribution in [2.24, 2.45) is 0 Å². The largest absolute Gasteiger partial charge is 0.395 e. The number of nitrogens with zero attached hydrogens (tertiary/aromatic N) is 1. The number of carbonyl (C=O) groups excluding carboxylic acids is 5. The Morgan fingerprint density at radius 3 is 2.56 bits per heavy atom. The maximum Gasteiger partial charge on any atom is 0.292 e. The molecule has 0 radical (unpaired) electrons. The first kappa shape index (κ1) is 23.8. The van der Waals surface area contributed by atoms with Gasteiger partial charge in [-0.25, -0.2) is 0 Å². The molecule has 3 N–H and O–H groups in total. The van der Waals surface area contributed by atoms with E-state index >= 15 is 0 Å². The summed E-state index contributed by atoms with van der Waals surface area (Å²) in [5.41, 5.74) is 1.84. The van der Waals surface area contributed by atoms with E-state index in [1.807, 2.05) is 13.8 Å². The zero-order valence-electron chi connectivity index (χ0n) is 18.8. The van der Waals surface area contributed by atoms with Gasteiger partial charge >= 0.3 is 0 Å². The second-order valence-electron chi connectivity index (χ2n) is 9.08. The van der Waals surface area contributed by atoms with E-state index in [9.17, 15) is 29.1 Å². The van der Waals surface area contributed by atoms with Crippen LogP contribution >= 0.6 is 11.3 Å². The van der Waals surface area contributed by atoms with Crippen LogP contribution in [0.25, 0.3) is 0 Å². The monoisotopic (exact) mass is 483 g/mol. The summed E-state index contributed by atoms with van der Waals surface area (Å²) in [6, 6.07) is 5.86. The Morgan fingerprint density at radius 1 is 1.21 bits per heavy atom. The smallest absolute Gasteiger partial charge is 0.292 e. The summed E-state index contributed by atoms with van der Waals surface area (Å²) in [6.45, 7) is 4.00. The van der Waals surface area contributed by atoms with Gasteiger partial charge in [-0.15, -0.1) is 11.3 Å². The highest BCUT2D eigenvalue weighted by molar-refractivity contribution is 7.10. The quantitative estimate of drug-likeness (QED) is 0.309. The number of aliphatic hydroxyl groups excluding tert-OH is 1. The molecule has 0 aliphatic carbocycles. The number of ketones is 1. The van der Waals surface area contributed by atoms with Crippen molar-refractivity contribution in [1.82, 2.24) is 15.5 Å². The normalized spacial score (nSPS) is 18.0. The van der Waals surface area contributed by atoms with Gasteiger partial charge in [0.25, 0.3) is 11.8 Å². The van der Waals surface area contributed by atoms with E-state index in [1.165, 1.54) is 16.2 Å². The maximum absolute atomic E-state index is 12.8. The van der Waals surface area contributed by atoms with Gasteiger partial charge in [0.1, 0.15) is 6.04 Å². The summed E-state index contributed by atoms with van der Waals surface area (Å²) in [5.74, 6) is -2.54. The van der Waals surface area contributed by atoms with Gasteiger partial charge < -0.3 is 15.3 Å². The number of aliphatic hydroxyl groups is 1. The van der Waals surface area contributed by atoms with Crippen LogP contribution in [0.2, 0.25) is 0 Å². The molecule has 4 amide bonds. The van der Waals surface area contributed by atoms with Crippen molar-refractivity contribution in [3.63, 3.8) is 0 Å². The second-order valence-corrected chi connectivity index (χ2v) is 10.0. The number of hydrogen-bond donors (Lipinski definition) is 3. The SMILES string of the molecule is CC(C)(CO)c1ccc(C(=O)C(=O)NCc2scc3c2CN(C2CCC(=O)NC2=O)C3=O)cc1. The summed E-state index contributed by atoms with van der Waals surface area (Å²) in [4.78, 5) is 63.6. The summed E-state index contributed by atoms with van der Waals surface area (Å²) >= 11 is 1.31. The van der Waals surface area contributed by atoms with E-state index in [2.05, 4.69) is 10.6 Å². The maximum atomic E-state index is 12.8. The number of hydrogen-bond acceptors (Lipinski definition) is 7. The minimum Gasteiger partial charge on any atom is -0.395 e. The number of thiophene rings is 1. The molecular formula is C24H25N3O6S. The van der Waals surface area contributed by atoms with E-state index in [0.717, 1.165) is 16.0 Å². The Kier molecular flexibility index (Phi) is 6.37. The van der Waals surface area contributed by atoms with Gasteiger partial charge in [0.2, 0.25) is 17.6 Å². The Bertz CT molecular complexity index is 1180. The van der Waals surface area contributed by atoms with Crippen LogP contribution in [0.15, 0.2) is 29.6 Å². The van der Waals surface area contributed by atoms with Crippen LogP contribution in [-0.2, 0) is 32.9 Å². The second kappa shape index (κ2) is 9.11. The highest BCUT2D eigenvalue weighted by atomic mass is 32.1. The standard InChI is InChI=1S/C24H25N3O6S/c1-24(2,12-28)14-5-3-13(4-6-14)20(30)22(32)25-9-18-15-10-27(23(33)16(15)11-34-18)17-7-8-19(29)26-21(17)31/h3-6,11,17,28H,7-10,12H2,1-2H3,(H,25,32)(H,26,29,31). The summed E-state index contributed by atoms with van der Waals surface area (Å²) in [5, 5.41) is 16.1. The van der Waals surface area contributed by atoms with Crippen molar-refractivity contribution < 1.29 is 29.1 Å². The molecule has 34 heavy (non-hydrogen) atoms. The number of imide groups is 1. The Hall–Kier alpha value is -3.37. The molecule has 2 aromatic rings. The summed E-state index contributed by atoms with van der Waals surface area (Å²) in [6.07, 6.45) is 0.454. The van der Waals surface area contributed by atoms with Crippen LogP contribution in [0.5, 0.6) is 0 Å². The van der Waals surface area contributed by atoms with Crippen molar-refractivity contribution in [1.29, 1.82) is 0 Å². The lowest BCUT2D eigenvalue weighted by atomic mass is 9.85. The zero-order chi connectivity index (χ0) is 24.6. The minimum absolute atomic E-state index is 0.0462. The van der Waals surface area contributed by atoms with Crippen LogP contribution in [0.1, 0.15) is 63.4 Å². The van der Waals surface area contributed by atoms with E-state index in [-0.39, 0.29) is 49.9 Å². The minimum atomic E-state index is -0.761. The summed E-state index contributed by atoms with van der Waals surface area (Å²) < 4.78 is 0. The topological polar surface area (TPSA) is 133 Å². The number of carbonyl (C=O) groups is 5. The fraction of sp³-hybridized carbons (Fsp3) is 0.375. The molecule has 10 heteroatoms. The average molecular weight is 484 g/mol. The van der Waals surface area contributed by atoms with Crippen molar-refractivity contribution in [3.05, 3.63) is 56.8 Å². The van der Waals surface area contributed by atoms with Crippen molar-refractivity contribution in [2.45, 2.75) is 51.2 Å².